The number of carbonyl (C=O) groups is 1. The molecule has 0 spiro atoms. The van der Waals surface area contributed by atoms with Gasteiger partial charge in [0.25, 0.3) is 0 Å². The molecule has 4 nitrogen and oxygen atoms in total. The number of allylic oxidation sites excluding steroid dienone is 1. The molecule has 1 aliphatic rings. The lowest BCUT2D eigenvalue weighted by Gasteiger charge is -2.09. The predicted octanol–water partition coefficient (Wildman–Crippen LogP) is 2.55. The zero-order valence-electron chi connectivity index (χ0n) is 10.1. The monoisotopic (exact) mass is 243 g/mol. The first kappa shape index (κ1) is 12.2. The second-order valence-electron chi connectivity index (χ2n) is 4.07. The van der Waals surface area contributed by atoms with Crippen molar-refractivity contribution in [1.82, 2.24) is 0 Å². The number of methoxy groups -OCH3 is 1. The van der Waals surface area contributed by atoms with Crippen molar-refractivity contribution in [3.8, 4) is 17.6 Å². The zero-order valence-corrected chi connectivity index (χ0v) is 10.1. The van der Waals surface area contributed by atoms with E-state index in [1.54, 1.807) is 24.3 Å². The molecule has 18 heavy (non-hydrogen) atoms. The van der Waals surface area contributed by atoms with Crippen molar-refractivity contribution in [3.05, 3.63) is 29.8 Å². The van der Waals surface area contributed by atoms with E-state index in [1.165, 1.54) is 13.2 Å². The molecule has 0 aliphatic heterocycles. The number of nitriles is 1. The Bertz CT molecular complexity index is 524. The van der Waals surface area contributed by atoms with Gasteiger partial charge in [-0.1, -0.05) is 6.07 Å². The fourth-order valence-electron chi connectivity index (χ4n) is 1.52. The summed E-state index contributed by atoms with van der Waals surface area (Å²) in [6, 6.07) is 7.09. The van der Waals surface area contributed by atoms with Gasteiger partial charge in [-0.25, -0.2) is 0 Å². The van der Waals surface area contributed by atoms with Gasteiger partial charge in [-0.3, -0.25) is 4.79 Å². The number of hydrogen-bond acceptors (Lipinski definition) is 4. The van der Waals surface area contributed by atoms with E-state index in [1.807, 2.05) is 6.07 Å². The van der Waals surface area contributed by atoms with Crippen LogP contribution in [0, 0.1) is 17.2 Å². The second kappa shape index (κ2) is 5.37. The molecule has 0 N–H and O–H groups in total. The van der Waals surface area contributed by atoms with Gasteiger partial charge in [-0.05, 0) is 36.6 Å². The number of esters is 1. The van der Waals surface area contributed by atoms with Crippen LogP contribution in [-0.4, -0.2) is 13.1 Å². The topological polar surface area (TPSA) is 59.3 Å². The lowest BCUT2D eigenvalue weighted by Crippen LogP contribution is -2.10. The van der Waals surface area contributed by atoms with Crippen LogP contribution in [0.25, 0.3) is 6.08 Å². The summed E-state index contributed by atoms with van der Waals surface area (Å²) in [5.74, 6) is 0.758. The number of ether oxygens (including phenoxy) is 2. The number of benzene rings is 1. The SMILES string of the molecule is COc1cc(/C=C\C#N)ccc1OC(=O)C1CC1. The standard InChI is InChI=1S/C14H13NO3/c1-17-13-9-10(3-2-8-15)4-7-12(13)18-14(16)11-5-6-11/h2-4,7,9,11H,5-6H2,1H3/b3-2-. The molecule has 0 amide bonds. The summed E-state index contributed by atoms with van der Waals surface area (Å²) >= 11 is 0. The van der Waals surface area contributed by atoms with Crippen LogP contribution in [0.5, 0.6) is 11.5 Å². The van der Waals surface area contributed by atoms with E-state index >= 15 is 0 Å². The van der Waals surface area contributed by atoms with Gasteiger partial charge in [0.1, 0.15) is 0 Å². The van der Waals surface area contributed by atoms with Crippen molar-refractivity contribution in [2.75, 3.05) is 7.11 Å². The maximum Gasteiger partial charge on any atom is 0.314 e. The molecule has 0 radical (unpaired) electrons. The molecule has 1 fully saturated rings. The molecule has 0 atom stereocenters. The van der Waals surface area contributed by atoms with Gasteiger partial charge in [0.15, 0.2) is 11.5 Å². The minimum atomic E-state index is -0.200. The first-order valence-corrected chi connectivity index (χ1v) is 5.70. The van der Waals surface area contributed by atoms with Gasteiger partial charge in [-0.15, -0.1) is 0 Å². The van der Waals surface area contributed by atoms with Crippen LogP contribution in [0.2, 0.25) is 0 Å². The Kier molecular flexibility index (Phi) is 3.63. The molecule has 0 aromatic heterocycles. The molecule has 0 unspecified atom stereocenters. The predicted molar refractivity (Wildman–Crippen MR) is 66.0 cm³/mol. The number of carbonyl (C=O) groups excluding carboxylic acids is 1. The van der Waals surface area contributed by atoms with Crippen LogP contribution in [0.4, 0.5) is 0 Å². The van der Waals surface area contributed by atoms with Gasteiger partial charge in [0, 0.05) is 6.08 Å². The van der Waals surface area contributed by atoms with Crippen molar-refractivity contribution in [2.24, 2.45) is 5.92 Å². The van der Waals surface area contributed by atoms with Crippen molar-refractivity contribution in [1.29, 1.82) is 5.26 Å². The Labute approximate surface area is 105 Å². The average molecular weight is 243 g/mol. The third-order valence-corrected chi connectivity index (χ3v) is 2.66. The second-order valence-corrected chi connectivity index (χ2v) is 4.07. The number of rotatable bonds is 4. The van der Waals surface area contributed by atoms with Gasteiger partial charge in [0.2, 0.25) is 0 Å². The normalized spacial score (nSPS) is 14.2. The van der Waals surface area contributed by atoms with E-state index in [0.717, 1.165) is 18.4 Å². The quantitative estimate of drug-likeness (QED) is 0.463. The largest absolute Gasteiger partial charge is 0.493 e. The van der Waals surface area contributed by atoms with Gasteiger partial charge >= 0.3 is 5.97 Å². The van der Waals surface area contributed by atoms with Gasteiger partial charge in [-0.2, -0.15) is 5.26 Å². The van der Waals surface area contributed by atoms with Crippen LogP contribution in [-0.2, 0) is 4.79 Å². The lowest BCUT2D eigenvalue weighted by molar-refractivity contribution is -0.135. The Hall–Kier alpha value is -2.28. The molecular weight excluding hydrogens is 230 g/mol. The molecule has 92 valence electrons. The van der Waals surface area contributed by atoms with E-state index in [4.69, 9.17) is 14.7 Å². The van der Waals surface area contributed by atoms with E-state index in [9.17, 15) is 4.79 Å². The summed E-state index contributed by atoms with van der Waals surface area (Å²) < 4.78 is 10.4. The highest BCUT2D eigenvalue weighted by atomic mass is 16.6. The highest BCUT2D eigenvalue weighted by Gasteiger charge is 2.32. The van der Waals surface area contributed by atoms with Crippen LogP contribution < -0.4 is 9.47 Å². The third-order valence-electron chi connectivity index (χ3n) is 2.66. The summed E-state index contributed by atoms with van der Waals surface area (Å²) in [7, 11) is 1.52. The van der Waals surface area contributed by atoms with Crippen LogP contribution >= 0.6 is 0 Å². The number of nitrogens with zero attached hydrogens (tertiary/aromatic N) is 1. The summed E-state index contributed by atoms with van der Waals surface area (Å²) in [5, 5.41) is 8.46. The minimum Gasteiger partial charge on any atom is -0.493 e. The molecular formula is C14H13NO3. The summed E-state index contributed by atoms with van der Waals surface area (Å²) in [5.41, 5.74) is 0.819. The lowest BCUT2D eigenvalue weighted by atomic mass is 10.2. The van der Waals surface area contributed by atoms with Crippen LogP contribution in [0.3, 0.4) is 0 Å². The Morgan fingerprint density at radius 1 is 1.44 bits per heavy atom. The van der Waals surface area contributed by atoms with Crippen LogP contribution in [0.15, 0.2) is 24.3 Å². The maximum atomic E-state index is 11.6. The van der Waals surface area contributed by atoms with Gasteiger partial charge < -0.3 is 9.47 Å². The molecule has 0 bridgehead atoms. The minimum absolute atomic E-state index is 0.0490. The number of hydrogen-bond donors (Lipinski definition) is 0. The summed E-state index contributed by atoms with van der Waals surface area (Å²) in [6.07, 6.45) is 4.86. The highest BCUT2D eigenvalue weighted by Crippen LogP contribution is 2.34. The van der Waals surface area contributed by atoms with E-state index in [2.05, 4.69) is 0 Å². The third kappa shape index (κ3) is 2.89. The molecule has 2 rings (SSSR count). The fraction of sp³-hybridized carbons (Fsp3) is 0.286. The molecule has 1 aliphatic carbocycles. The molecule has 4 heteroatoms. The Morgan fingerprint density at radius 3 is 2.83 bits per heavy atom. The zero-order chi connectivity index (χ0) is 13.0. The summed E-state index contributed by atoms with van der Waals surface area (Å²) in [4.78, 5) is 11.6. The van der Waals surface area contributed by atoms with E-state index < -0.39 is 0 Å². The maximum absolute atomic E-state index is 11.6. The van der Waals surface area contributed by atoms with Crippen LogP contribution in [0.1, 0.15) is 18.4 Å². The van der Waals surface area contributed by atoms with Crippen molar-refractivity contribution in [3.63, 3.8) is 0 Å². The van der Waals surface area contributed by atoms with Crippen molar-refractivity contribution < 1.29 is 14.3 Å². The molecule has 1 aromatic carbocycles. The fourth-order valence-corrected chi connectivity index (χ4v) is 1.52. The first-order chi connectivity index (χ1) is 8.74. The van der Waals surface area contributed by atoms with E-state index in [0.29, 0.717) is 11.5 Å². The van der Waals surface area contributed by atoms with Crippen molar-refractivity contribution >= 4 is 12.0 Å². The highest BCUT2D eigenvalue weighted by molar-refractivity contribution is 5.78. The Balaban J connectivity index is 2.17. The molecule has 0 heterocycles. The first-order valence-electron chi connectivity index (χ1n) is 5.70. The average Bonchev–Trinajstić information content (AvgIpc) is 3.21. The van der Waals surface area contributed by atoms with Crippen molar-refractivity contribution in [2.45, 2.75) is 12.8 Å². The van der Waals surface area contributed by atoms with Gasteiger partial charge in [0.05, 0.1) is 19.1 Å². The van der Waals surface area contributed by atoms with E-state index in [-0.39, 0.29) is 11.9 Å². The molecule has 0 saturated heterocycles. The summed E-state index contributed by atoms with van der Waals surface area (Å²) in [6.45, 7) is 0. The Morgan fingerprint density at radius 2 is 2.22 bits per heavy atom. The smallest absolute Gasteiger partial charge is 0.314 e. The molecule has 1 aromatic rings. The molecule has 1 saturated carbocycles.